The predicted molar refractivity (Wildman–Crippen MR) is 148 cm³/mol. The lowest BCUT2D eigenvalue weighted by molar-refractivity contribution is -0.0329. The zero-order chi connectivity index (χ0) is 26.4. The van der Waals surface area contributed by atoms with Crippen molar-refractivity contribution in [2.75, 3.05) is 51.5 Å². The van der Waals surface area contributed by atoms with Gasteiger partial charge in [0.2, 0.25) is 0 Å². The van der Waals surface area contributed by atoms with Crippen molar-refractivity contribution in [3.8, 4) is 22.8 Å². The average Bonchev–Trinajstić information content (AvgIpc) is 3.32. The Hall–Kier alpha value is -3.60. The first kappa shape index (κ1) is 24.4. The van der Waals surface area contributed by atoms with Gasteiger partial charge in [-0.25, -0.2) is 19.0 Å². The third kappa shape index (κ3) is 4.73. The van der Waals surface area contributed by atoms with Crippen molar-refractivity contribution in [3.05, 3.63) is 60.9 Å². The fraction of sp³-hybridized carbons (Fsp3) is 0.414. The summed E-state index contributed by atoms with van der Waals surface area (Å²) in [5, 5.41) is 8.88. The zero-order valence-electron chi connectivity index (χ0n) is 21.8. The maximum atomic E-state index is 14.4. The number of piperidine rings is 1. The van der Waals surface area contributed by atoms with Crippen LogP contribution in [0.5, 0.6) is 11.5 Å². The van der Waals surface area contributed by atoms with E-state index in [0.717, 1.165) is 72.8 Å². The first-order chi connectivity index (χ1) is 19.0. The monoisotopic (exact) mass is 528 g/mol. The quantitative estimate of drug-likeness (QED) is 0.376. The van der Waals surface area contributed by atoms with Crippen molar-refractivity contribution in [2.24, 2.45) is 0 Å². The summed E-state index contributed by atoms with van der Waals surface area (Å²) >= 11 is 0. The molecule has 0 bridgehead atoms. The number of fused-ring (bicyclic) bond motifs is 1. The Balaban J connectivity index is 1.05. The van der Waals surface area contributed by atoms with E-state index in [-0.39, 0.29) is 6.04 Å². The Morgan fingerprint density at radius 2 is 1.67 bits per heavy atom. The standard InChI is InChI=1S/C29H33FN8O/c30-29(16-32-17-29)18-36-14-22(15-36)37-12-10-21(11-13-37)38-28-25(27(31)33-19-34-28)26(35-38)20-6-8-24(9-7-20)39-23-4-2-1-3-5-23/h1-9,19,21-22,32H,10-18H2,(H2,31,33,34). The largest absolute Gasteiger partial charge is 0.457 e. The van der Waals surface area contributed by atoms with Crippen LogP contribution in [-0.4, -0.2) is 87.1 Å². The molecule has 3 N–H and O–H groups in total. The van der Waals surface area contributed by atoms with E-state index in [2.05, 4.69) is 29.8 Å². The van der Waals surface area contributed by atoms with Gasteiger partial charge in [-0.1, -0.05) is 18.2 Å². The van der Waals surface area contributed by atoms with E-state index in [1.165, 1.54) is 6.33 Å². The molecule has 2 aromatic heterocycles. The second-order valence-corrected chi connectivity index (χ2v) is 11.1. The van der Waals surface area contributed by atoms with Crippen LogP contribution in [0.4, 0.5) is 10.2 Å². The van der Waals surface area contributed by atoms with Gasteiger partial charge in [0, 0.05) is 57.4 Å². The highest BCUT2D eigenvalue weighted by molar-refractivity contribution is 5.98. The number of halogens is 1. The van der Waals surface area contributed by atoms with Gasteiger partial charge in [0.1, 0.15) is 35.0 Å². The molecule has 0 radical (unpaired) electrons. The fourth-order valence-electron chi connectivity index (χ4n) is 6.06. The molecular formula is C29H33FN8O. The minimum Gasteiger partial charge on any atom is -0.457 e. The maximum absolute atomic E-state index is 14.4. The molecule has 7 rings (SSSR count). The van der Waals surface area contributed by atoms with E-state index in [1.807, 2.05) is 54.6 Å². The molecule has 4 aromatic rings. The second kappa shape index (κ2) is 9.86. The van der Waals surface area contributed by atoms with Crippen molar-refractivity contribution >= 4 is 16.9 Å². The maximum Gasteiger partial charge on any atom is 0.164 e. The molecule has 0 unspecified atom stereocenters. The molecule has 0 saturated carbocycles. The van der Waals surface area contributed by atoms with Crippen molar-refractivity contribution < 1.29 is 9.13 Å². The van der Waals surface area contributed by atoms with Gasteiger partial charge in [0.05, 0.1) is 11.4 Å². The van der Waals surface area contributed by atoms with E-state index in [9.17, 15) is 4.39 Å². The lowest BCUT2D eigenvalue weighted by Gasteiger charge is -2.50. The number of nitrogens with zero attached hydrogens (tertiary/aromatic N) is 6. The third-order valence-corrected chi connectivity index (χ3v) is 8.31. The fourth-order valence-corrected chi connectivity index (χ4v) is 6.06. The summed E-state index contributed by atoms with van der Waals surface area (Å²) in [6.07, 6.45) is 3.48. The number of ether oxygens (including phenoxy) is 1. The van der Waals surface area contributed by atoms with E-state index >= 15 is 0 Å². The Bertz CT molecular complexity index is 1440. The van der Waals surface area contributed by atoms with E-state index in [1.54, 1.807) is 0 Å². The number of alkyl halides is 1. The minimum atomic E-state index is -1.03. The van der Waals surface area contributed by atoms with Gasteiger partial charge in [-0.2, -0.15) is 5.10 Å². The zero-order valence-corrected chi connectivity index (χ0v) is 21.8. The van der Waals surface area contributed by atoms with Gasteiger partial charge in [0.25, 0.3) is 0 Å². The number of nitrogens with two attached hydrogens (primary N) is 1. The number of hydrogen-bond donors (Lipinski definition) is 2. The van der Waals surface area contributed by atoms with Gasteiger partial charge in [-0.05, 0) is 49.2 Å². The summed E-state index contributed by atoms with van der Waals surface area (Å²) < 4.78 is 22.4. The molecule has 9 nitrogen and oxygen atoms in total. The minimum absolute atomic E-state index is 0.235. The summed E-state index contributed by atoms with van der Waals surface area (Å²) in [6, 6.07) is 18.4. The molecule has 0 amide bonds. The highest BCUT2D eigenvalue weighted by atomic mass is 19.1. The number of aromatic nitrogens is 4. The van der Waals surface area contributed by atoms with Crippen LogP contribution in [0, 0.1) is 0 Å². The number of likely N-dealkylation sites (tertiary alicyclic amines) is 2. The number of nitrogen functional groups attached to an aromatic ring is 1. The Morgan fingerprint density at radius 1 is 0.949 bits per heavy atom. The highest BCUT2D eigenvalue weighted by Gasteiger charge is 2.43. The van der Waals surface area contributed by atoms with Crippen LogP contribution in [-0.2, 0) is 0 Å². The highest BCUT2D eigenvalue weighted by Crippen LogP contribution is 2.36. The van der Waals surface area contributed by atoms with E-state index in [0.29, 0.717) is 31.5 Å². The van der Waals surface area contributed by atoms with Crippen LogP contribution in [0.1, 0.15) is 18.9 Å². The number of nitrogens with one attached hydrogen (secondary N) is 1. The summed E-state index contributed by atoms with van der Waals surface area (Å²) in [6.45, 7) is 5.42. The van der Waals surface area contributed by atoms with Crippen LogP contribution >= 0.6 is 0 Å². The van der Waals surface area contributed by atoms with Gasteiger partial charge in [-0.3, -0.25) is 9.80 Å². The van der Waals surface area contributed by atoms with Crippen molar-refractivity contribution in [3.63, 3.8) is 0 Å². The Kier molecular flexibility index (Phi) is 6.18. The van der Waals surface area contributed by atoms with Crippen LogP contribution < -0.4 is 15.8 Å². The number of hydrogen-bond acceptors (Lipinski definition) is 8. The molecule has 0 aliphatic carbocycles. The van der Waals surface area contributed by atoms with Crippen molar-refractivity contribution in [2.45, 2.75) is 30.6 Å². The molecule has 3 aliphatic heterocycles. The van der Waals surface area contributed by atoms with E-state index in [4.69, 9.17) is 15.6 Å². The normalized spacial score (nSPS) is 20.5. The molecular weight excluding hydrogens is 495 g/mol. The molecule has 39 heavy (non-hydrogen) atoms. The third-order valence-electron chi connectivity index (χ3n) is 8.31. The van der Waals surface area contributed by atoms with Crippen LogP contribution in [0.25, 0.3) is 22.3 Å². The van der Waals surface area contributed by atoms with Gasteiger partial charge in [-0.15, -0.1) is 0 Å². The van der Waals surface area contributed by atoms with Gasteiger partial charge < -0.3 is 15.8 Å². The summed E-state index contributed by atoms with van der Waals surface area (Å²) in [7, 11) is 0. The number of para-hydroxylation sites is 1. The first-order valence-electron chi connectivity index (χ1n) is 13.7. The SMILES string of the molecule is Nc1ncnc2c1c(-c1ccc(Oc3ccccc3)cc1)nn2C1CCN(C2CN(CC3(F)CNC3)C2)CC1. The Labute approximate surface area is 226 Å². The molecule has 0 spiro atoms. The average molecular weight is 529 g/mol. The van der Waals surface area contributed by atoms with Crippen LogP contribution in [0.3, 0.4) is 0 Å². The first-order valence-corrected chi connectivity index (χ1v) is 13.7. The topological polar surface area (TPSA) is 97.4 Å². The van der Waals surface area contributed by atoms with Crippen LogP contribution in [0.2, 0.25) is 0 Å². The number of benzene rings is 2. The van der Waals surface area contributed by atoms with Crippen molar-refractivity contribution in [1.29, 1.82) is 0 Å². The molecule has 10 heteroatoms. The number of rotatable bonds is 7. The molecule has 3 aliphatic rings. The van der Waals surface area contributed by atoms with Gasteiger partial charge >= 0.3 is 0 Å². The van der Waals surface area contributed by atoms with E-state index < -0.39 is 5.67 Å². The molecule has 3 fully saturated rings. The Morgan fingerprint density at radius 3 is 2.36 bits per heavy atom. The summed E-state index contributed by atoms with van der Waals surface area (Å²) in [5.41, 5.74) is 7.83. The van der Waals surface area contributed by atoms with Crippen LogP contribution in [0.15, 0.2) is 60.9 Å². The molecule has 2 aromatic carbocycles. The second-order valence-electron chi connectivity index (χ2n) is 11.1. The molecule has 3 saturated heterocycles. The predicted octanol–water partition coefficient (Wildman–Crippen LogP) is 3.50. The smallest absolute Gasteiger partial charge is 0.164 e. The molecule has 5 heterocycles. The lowest BCUT2D eigenvalue weighted by atomic mass is 9.94. The molecule has 0 atom stereocenters. The number of anilines is 1. The van der Waals surface area contributed by atoms with Gasteiger partial charge in [0.15, 0.2) is 5.65 Å². The van der Waals surface area contributed by atoms with Crippen molar-refractivity contribution in [1.82, 2.24) is 34.9 Å². The lowest BCUT2D eigenvalue weighted by Crippen LogP contribution is -2.68. The summed E-state index contributed by atoms with van der Waals surface area (Å²) in [5.74, 6) is 1.98. The molecule has 202 valence electrons. The summed E-state index contributed by atoms with van der Waals surface area (Å²) in [4.78, 5) is 13.7.